The van der Waals surface area contributed by atoms with Gasteiger partial charge in [0.2, 0.25) is 0 Å². The minimum Gasteiger partial charge on any atom is -0.497 e. The molecule has 3 unspecified atom stereocenters. The van der Waals surface area contributed by atoms with Crippen LogP contribution in [0.1, 0.15) is 43.7 Å². The summed E-state index contributed by atoms with van der Waals surface area (Å²) in [4.78, 5) is 2.23. The minimum atomic E-state index is -0.561. The molecule has 3 rings (SSSR count). The van der Waals surface area contributed by atoms with Gasteiger partial charge in [-0.1, -0.05) is 25.0 Å². The first kappa shape index (κ1) is 15.3. The fourth-order valence-electron chi connectivity index (χ4n) is 4.25. The van der Waals surface area contributed by atoms with E-state index in [1.54, 1.807) is 7.11 Å². The Morgan fingerprint density at radius 3 is 2.77 bits per heavy atom. The van der Waals surface area contributed by atoms with Crippen molar-refractivity contribution in [3.63, 3.8) is 0 Å². The van der Waals surface area contributed by atoms with E-state index in [1.165, 1.54) is 12.0 Å². The summed E-state index contributed by atoms with van der Waals surface area (Å²) in [7, 11) is 1.66. The number of fused-ring (bicyclic) bond motifs is 1. The molecule has 2 fully saturated rings. The van der Waals surface area contributed by atoms with Crippen molar-refractivity contribution in [2.45, 2.75) is 43.7 Å². The molecular weight excluding hydrogens is 276 g/mol. The zero-order valence-electron chi connectivity index (χ0n) is 13.2. The van der Waals surface area contributed by atoms with Crippen molar-refractivity contribution in [2.24, 2.45) is 5.92 Å². The van der Waals surface area contributed by atoms with Crippen LogP contribution in [-0.4, -0.2) is 35.8 Å². The summed E-state index contributed by atoms with van der Waals surface area (Å²) in [5.74, 6) is 1.06. The van der Waals surface area contributed by atoms with Crippen LogP contribution in [0.5, 0.6) is 5.75 Å². The maximum atomic E-state index is 11.1. The number of methoxy groups -OCH3 is 1. The molecule has 0 amide bonds. The number of piperidine rings is 1. The highest BCUT2D eigenvalue weighted by atomic mass is 16.5. The van der Waals surface area contributed by atoms with Gasteiger partial charge in [0.05, 0.1) is 25.3 Å². The number of benzene rings is 1. The molecule has 0 spiro atoms. The van der Waals surface area contributed by atoms with Crippen LogP contribution in [0.3, 0.4) is 0 Å². The fraction of sp³-hybridized carbons (Fsp3) is 0.611. The Kier molecular flexibility index (Phi) is 4.37. The summed E-state index contributed by atoms with van der Waals surface area (Å²) >= 11 is 0. The van der Waals surface area contributed by atoms with Crippen molar-refractivity contribution in [1.82, 2.24) is 4.90 Å². The molecule has 3 atom stereocenters. The van der Waals surface area contributed by atoms with Gasteiger partial charge in [-0.25, -0.2) is 0 Å². The number of likely N-dealkylation sites (tertiary alicyclic amines) is 1. The highest BCUT2D eigenvalue weighted by molar-refractivity contribution is 5.31. The van der Waals surface area contributed by atoms with Gasteiger partial charge in [-0.3, -0.25) is 4.90 Å². The fourth-order valence-corrected chi connectivity index (χ4v) is 4.25. The number of nitrogens with zero attached hydrogens (tertiary/aromatic N) is 2. The van der Waals surface area contributed by atoms with Gasteiger partial charge in [-0.15, -0.1) is 0 Å². The maximum Gasteiger partial charge on any atom is 0.118 e. The molecule has 1 heterocycles. The first-order valence-electron chi connectivity index (χ1n) is 8.15. The Bertz CT molecular complexity index is 551. The quantitative estimate of drug-likeness (QED) is 0.872. The molecule has 118 valence electrons. The number of nitriles is 1. The zero-order chi connectivity index (χ0) is 15.6. The second-order valence-corrected chi connectivity index (χ2v) is 6.55. The molecule has 0 aromatic heterocycles. The second-order valence-electron chi connectivity index (χ2n) is 6.55. The summed E-state index contributed by atoms with van der Waals surface area (Å²) in [6.07, 6.45) is 4.99. The van der Waals surface area contributed by atoms with E-state index >= 15 is 0 Å². The van der Waals surface area contributed by atoms with E-state index < -0.39 is 5.60 Å². The van der Waals surface area contributed by atoms with Crippen LogP contribution in [0.15, 0.2) is 24.3 Å². The van der Waals surface area contributed by atoms with E-state index in [0.717, 1.165) is 38.0 Å². The van der Waals surface area contributed by atoms with Crippen molar-refractivity contribution in [3.05, 3.63) is 29.8 Å². The van der Waals surface area contributed by atoms with E-state index in [2.05, 4.69) is 23.1 Å². The van der Waals surface area contributed by atoms with Gasteiger partial charge in [0, 0.05) is 18.5 Å². The highest BCUT2D eigenvalue weighted by Gasteiger charge is 2.48. The SMILES string of the molecule is COc1ccc(C2C3CCCCC3(O)CCN2CC#N)cc1. The topological polar surface area (TPSA) is 56.5 Å². The van der Waals surface area contributed by atoms with Crippen LogP contribution in [0.2, 0.25) is 0 Å². The average Bonchev–Trinajstić information content (AvgIpc) is 2.55. The Balaban J connectivity index is 1.94. The number of rotatable bonds is 3. The number of hydrogen-bond acceptors (Lipinski definition) is 4. The predicted octanol–water partition coefficient (Wildman–Crippen LogP) is 2.89. The third-order valence-electron chi connectivity index (χ3n) is 5.40. The van der Waals surface area contributed by atoms with Gasteiger partial charge in [-0.05, 0) is 37.0 Å². The molecule has 4 nitrogen and oxygen atoms in total. The third kappa shape index (κ3) is 2.71. The first-order valence-corrected chi connectivity index (χ1v) is 8.15. The number of hydrogen-bond donors (Lipinski definition) is 1. The highest BCUT2D eigenvalue weighted by Crippen LogP contribution is 2.49. The lowest BCUT2D eigenvalue weighted by Crippen LogP contribution is -2.54. The van der Waals surface area contributed by atoms with Gasteiger partial charge in [0.15, 0.2) is 0 Å². The van der Waals surface area contributed by atoms with E-state index in [4.69, 9.17) is 10.00 Å². The van der Waals surface area contributed by atoms with E-state index in [-0.39, 0.29) is 12.0 Å². The minimum absolute atomic E-state index is 0.129. The molecule has 0 radical (unpaired) electrons. The van der Waals surface area contributed by atoms with Crippen LogP contribution in [0.4, 0.5) is 0 Å². The van der Waals surface area contributed by atoms with Crippen LogP contribution in [-0.2, 0) is 0 Å². The van der Waals surface area contributed by atoms with E-state index in [9.17, 15) is 5.11 Å². The lowest BCUT2D eigenvalue weighted by molar-refractivity contribution is -0.121. The first-order chi connectivity index (χ1) is 10.7. The van der Waals surface area contributed by atoms with Gasteiger partial charge < -0.3 is 9.84 Å². The molecule has 22 heavy (non-hydrogen) atoms. The smallest absolute Gasteiger partial charge is 0.118 e. The standard InChI is InChI=1S/C18H24N2O2/c1-22-15-7-5-14(6-8-15)17-16-4-2-3-9-18(16,21)10-12-20(17)13-11-19/h5-8,16-17,21H,2-4,9-10,12-13H2,1H3. The molecule has 1 aliphatic carbocycles. The Labute approximate surface area is 132 Å². The number of ether oxygens (including phenoxy) is 1. The Morgan fingerprint density at radius 2 is 2.09 bits per heavy atom. The van der Waals surface area contributed by atoms with Crippen LogP contribution < -0.4 is 4.74 Å². The van der Waals surface area contributed by atoms with Gasteiger partial charge >= 0.3 is 0 Å². The van der Waals surface area contributed by atoms with E-state index in [0.29, 0.717) is 6.54 Å². The second kappa shape index (κ2) is 6.28. The molecule has 1 aromatic carbocycles. The molecule has 1 aliphatic heterocycles. The van der Waals surface area contributed by atoms with Gasteiger partial charge in [0.1, 0.15) is 5.75 Å². The van der Waals surface area contributed by atoms with Crippen molar-refractivity contribution >= 4 is 0 Å². The summed E-state index contributed by atoms with van der Waals surface area (Å²) in [6.45, 7) is 1.21. The molecule has 4 heteroatoms. The van der Waals surface area contributed by atoms with Crippen molar-refractivity contribution in [2.75, 3.05) is 20.2 Å². The molecular formula is C18H24N2O2. The van der Waals surface area contributed by atoms with Crippen LogP contribution in [0.25, 0.3) is 0 Å². The maximum absolute atomic E-state index is 11.1. The lowest BCUT2D eigenvalue weighted by Gasteiger charge is -2.52. The average molecular weight is 300 g/mol. The van der Waals surface area contributed by atoms with Crippen molar-refractivity contribution < 1.29 is 9.84 Å². The molecule has 0 bridgehead atoms. The third-order valence-corrected chi connectivity index (χ3v) is 5.40. The molecule has 1 N–H and O–H groups in total. The van der Waals surface area contributed by atoms with Crippen LogP contribution >= 0.6 is 0 Å². The Hall–Kier alpha value is -1.57. The summed E-state index contributed by atoms with van der Waals surface area (Å²) in [5, 5.41) is 20.2. The normalized spacial score (nSPS) is 32.0. The van der Waals surface area contributed by atoms with Crippen LogP contribution in [0, 0.1) is 17.2 Å². The lowest BCUT2D eigenvalue weighted by atomic mass is 9.66. The summed E-state index contributed by atoms with van der Waals surface area (Å²) < 4.78 is 5.24. The van der Waals surface area contributed by atoms with E-state index in [1.807, 2.05) is 12.1 Å². The number of aliphatic hydroxyl groups is 1. The molecule has 1 saturated carbocycles. The summed E-state index contributed by atoms with van der Waals surface area (Å²) in [5.41, 5.74) is 0.621. The summed E-state index contributed by atoms with van der Waals surface area (Å²) in [6, 6.07) is 10.5. The van der Waals surface area contributed by atoms with Gasteiger partial charge in [0.25, 0.3) is 0 Å². The molecule has 1 aromatic rings. The largest absolute Gasteiger partial charge is 0.497 e. The molecule has 1 saturated heterocycles. The van der Waals surface area contributed by atoms with Crippen molar-refractivity contribution in [3.8, 4) is 11.8 Å². The molecule has 2 aliphatic rings. The zero-order valence-corrected chi connectivity index (χ0v) is 13.2. The van der Waals surface area contributed by atoms with Crippen molar-refractivity contribution in [1.29, 1.82) is 5.26 Å². The monoisotopic (exact) mass is 300 g/mol. The van der Waals surface area contributed by atoms with Gasteiger partial charge in [-0.2, -0.15) is 5.26 Å². The Morgan fingerprint density at radius 1 is 1.32 bits per heavy atom. The predicted molar refractivity (Wildman–Crippen MR) is 84.4 cm³/mol.